The van der Waals surface area contributed by atoms with Crippen molar-refractivity contribution in [2.45, 2.75) is 13.0 Å². The molecule has 1 aromatic carbocycles. The first kappa shape index (κ1) is 19.6. The maximum atomic E-state index is 13.8. The third-order valence-electron chi connectivity index (χ3n) is 4.91. The van der Waals surface area contributed by atoms with Gasteiger partial charge >= 0.3 is 6.03 Å². The molecule has 0 atom stereocenters. The first-order valence-electron chi connectivity index (χ1n) is 9.47. The lowest BCUT2D eigenvalue weighted by Crippen LogP contribution is -2.41. The third kappa shape index (κ3) is 5.64. The number of benzene rings is 1. The minimum Gasteiger partial charge on any atom is -0.379 e. The van der Waals surface area contributed by atoms with Crippen molar-refractivity contribution in [2.75, 3.05) is 59.0 Å². The summed E-state index contributed by atoms with van der Waals surface area (Å²) < 4.78 is 19.1. The average Bonchev–Trinajstić information content (AvgIpc) is 3.01. The molecular weight excluding hydrogens is 351 g/mol. The van der Waals surface area contributed by atoms with Crippen molar-refractivity contribution >= 4 is 11.9 Å². The van der Waals surface area contributed by atoms with E-state index in [1.807, 2.05) is 0 Å². The van der Waals surface area contributed by atoms with Crippen LogP contribution in [0.4, 0.5) is 9.18 Å². The highest BCUT2D eigenvalue weighted by Crippen LogP contribution is 2.15. The number of amides is 3. The zero-order chi connectivity index (χ0) is 19.1. The molecule has 27 heavy (non-hydrogen) atoms. The lowest BCUT2D eigenvalue weighted by Gasteiger charge is -2.26. The van der Waals surface area contributed by atoms with E-state index in [9.17, 15) is 14.0 Å². The quantitative estimate of drug-likeness (QED) is 0.683. The normalized spacial score (nSPS) is 18.2. The molecule has 3 amide bonds. The number of hydrogen-bond acceptors (Lipinski definition) is 4. The molecular formula is C19H27FN4O3. The van der Waals surface area contributed by atoms with Crippen LogP contribution in [0.15, 0.2) is 24.3 Å². The number of nitrogens with one attached hydrogen (secondary N) is 1. The Morgan fingerprint density at radius 2 is 1.85 bits per heavy atom. The zero-order valence-corrected chi connectivity index (χ0v) is 15.5. The van der Waals surface area contributed by atoms with E-state index < -0.39 is 0 Å². The average molecular weight is 378 g/mol. The second-order valence-electron chi connectivity index (χ2n) is 6.87. The zero-order valence-electron chi connectivity index (χ0n) is 15.5. The van der Waals surface area contributed by atoms with Gasteiger partial charge in [0.2, 0.25) is 5.91 Å². The summed E-state index contributed by atoms with van der Waals surface area (Å²) in [5.41, 5.74) is 0.486. The van der Waals surface area contributed by atoms with E-state index in [0.717, 1.165) is 39.3 Å². The van der Waals surface area contributed by atoms with Crippen molar-refractivity contribution in [2.24, 2.45) is 0 Å². The van der Waals surface area contributed by atoms with Crippen LogP contribution in [0, 0.1) is 5.82 Å². The predicted octanol–water partition coefficient (Wildman–Crippen LogP) is 0.902. The van der Waals surface area contributed by atoms with Gasteiger partial charge in [-0.2, -0.15) is 0 Å². The van der Waals surface area contributed by atoms with Crippen LogP contribution in [-0.4, -0.2) is 85.7 Å². The van der Waals surface area contributed by atoms with Crippen molar-refractivity contribution < 1.29 is 18.7 Å². The molecule has 2 saturated heterocycles. The summed E-state index contributed by atoms with van der Waals surface area (Å²) in [6, 6.07) is 6.22. The molecule has 3 rings (SSSR count). The van der Waals surface area contributed by atoms with Gasteiger partial charge in [-0.3, -0.25) is 9.69 Å². The van der Waals surface area contributed by atoms with Crippen LogP contribution >= 0.6 is 0 Å². The summed E-state index contributed by atoms with van der Waals surface area (Å²) in [4.78, 5) is 29.9. The van der Waals surface area contributed by atoms with Crippen molar-refractivity contribution in [3.8, 4) is 0 Å². The molecule has 148 valence electrons. The Morgan fingerprint density at radius 3 is 2.63 bits per heavy atom. The molecule has 2 aliphatic heterocycles. The molecule has 2 aliphatic rings. The van der Waals surface area contributed by atoms with E-state index >= 15 is 0 Å². The van der Waals surface area contributed by atoms with E-state index in [4.69, 9.17) is 4.74 Å². The Balaban J connectivity index is 1.36. The molecule has 7 nitrogen and oxygen atoms in total. The number of morpholine rings is 1. The van der Waals surface area contributed by atoms with Crippen LogP contribution in [0.25, 0.3) is 0 Å². The summed E-state index contributed by atoms with van der Waals surface area (Å²) in [5, 5.41) is 2.87. The lowest BCUT2D eigenvalue weighted by molar-refractivity contribution is -0.121. The van der Waals surface area contributed by atoms with Crippen molar-refractivity contribution in [3.05, 3.63) is 35.6 Å². The van der Waals surface area contributed by atoms with E-state index in [0.29, 0.717) is 25.2 Å². The number of halogens is 1. The van der Waals surface area contributed by atoms with Gasteiger partial charge in [-0.1, -0.05) is 18.2 Å². The van der Waals surface area contributed by atoms with Gasteiger partial charge in [-0.05, 0) is 19.0 Å². The number of ether oxygens (including phenoxy) is 1. The van der Waals surface area contributed by atoms with Crippen molar-refractivity contribution in [1.29, 1.82) is 0 Å². The molecule has 0 unspecified atom stereocenters. The van der Waals surface area contributed by atoms with Crippen LogP contribution in [0.2, 0.25) is 0 Å². The Labute approximate surface area is 159 Å². The monoisotopic (exact) mass is 378 g/mol. The first-order valence-corrected chi connectivity index (χ1v) is 9.47. The Bertz CT molecular complexity index is 652. The number of rotatable bonds is 8. The van der Waals surface area contributed by atoms with Gasteiger partial charge in [0.05, 0.1) is 19.8 Å². The molecule has 0 aromatic heterocycles. The Kier molecular flexibility index (Phi) is 7.00. The minimum absolute atomic E-state index is 0.0458. The van der Waals surface area contributed by atoms with Gasteiger partial charge in [-0.15, -0.1) is 0 Å². The fourth-order valence-electron chi connectivity index (χ4n) is 3.34. The van der Waals surface area contributed by atoms with Gasteiger partial charge in [0.25, 0.3) is 0 Å². The number of carbonyl (C=O) groups is 2. The molecule has 2 heterocycles. The predicted molar refractivity (Wildman–Crippen MR) is 98.7 cm³/mol. The SMILES string of the molecule is O=C(CN1CCN(Cc2ccccc2F)C1=O)NCCCN1CCOCC1. The topological polar surface area (TPSA) is 65.1 Å². The molecule has 0 aliphatic carbocycles. The molecule has 1 N–H and O–H groups in total. The third-order valence-corrected chi connectivity index (χ3v) is 4.91. The lowest BCUT2D eigenvalue weighted by atomic mass is 10.2. The second-order valence-corrected chi connectivity index (χ2v) is 6.87. The standard InChI is InChI=1S/C19H27FN4O3/c20-17-5-2-1-4-16(17)14-23-8-9-24(19(23)26)15-18(25)21-6-3-7-22-10-12-27-13-11-22/h1-2,4-5H,3,6-15H2,(H,21,25). The molecule has 0 saturated carbocycles. The van der Waals surface area contributed by atoms with E-state index in [-0.39, 0.29) is 30.8 Å². The molecule has 8 heteroatoms. The van der Waals surface area contributed by atoms with Gasteiger partial charge in [-0.25, -0.2) is 9.18 Å². The Morgan fingerprint density at radius 1 is 1.11 bits per heavy atom. The summed E-state index contributed by atoms with van der Waals surface area (Å²) >= 11 is 0. The number of carbonyl (C=O) groups excluding carboxylic acids is 2. The van der Waals surface area contributed by atoms with Crippen molar-refractivity contribution in [3.63, 3.8) is 0 Å². The fourth-order valence-corrected chi connectivity index (χ4v) is 3.34. The van der Waals surface area contributed by atoms with Crippen LogP contribution < -0.4 is 5.32 Å². The second kappa shape index (κ2) is 9.66. The van der Waals surface area contributed by atoms with Gasteiger partial charge in [0, 0.05) is 38.3 Å². The van der Waals surface area contributed by atoms with Gasteiger partial charge in [0.15, 0.2) is 0 Å². The van der Waals surface area contributed by atoms with Crippen LogP contribution in [0.1, 0.15) is 12.0 Å². The number of nitrogens with zero attached hydrogens (tertiary/aromatic N) is 3. The maximum absolute atomic E-state index is 13.8. The molecule has 0 spiro atoms. The van der Waals surface area contributed by atoms with Crippen molar-refractivity contribution in [1.82, 2.24) is 20.0 Å². The maximum Gasteiger partial charge on any atom is 0.320 e. The first-order chi connectivity index (χ1) is 13.1. The fraction of sp³-hybridized carbons (Fsp3) is 0.579. The highest BCUT2D eigenvalue weighted by Gasteiger charge is 2.30. The molecule has 1 aromatic rings. The molecule has 0 radical (unpaired) electrons. The minimum atomic E-state index is -0.318. The van der Waals surface area contributed by atoms with E-state index in [2.05, 4.69) is 10.2 Å². The number of urea groups is 1. The Hall–Kier alpha value is -2.19. The highest BCUT2D eigenvalue weighted by atomic mass is 19.1. The van der Waals surface area contributed by atoms with Gasteiger partial charge in [0.1, 0.15) is 12.4 Å². The summed E-state index contributed by atoms with van der Waals surface area (Å²) in [7, 11) is 0. The largest absolute Gasteiger partial charge is 0.379 e. The smallest absolute Gasteiger partial charge is 0.320 e. The highest BCUT2D eigenvalue weighted by molar-refractivity contribution is 5.85. The van der Waals surface area contributed by atoms with Crippen LogP contribution in [0.5, 0.6) is 0 Å². The van der Waals surface area contributed by atoms with Crippen LogP contribution in [0.3, 0.4) is 0 Å². The van der Waals surface area contributed by atoms with E-state index in [1.165, 1.54) is 11.0 Å². The summed E-state index contributed by atoms with van der Waals surface area (Å²) in [6.45, 7) is 6.20. The molecule has 0 bridgehead atoms. The van der Waals surface area contributed by atoms with E-state index in [1.54, 1.807) is 23.1 Å². The van der Waals surface area contributed by atoms with Gasteiger partial charge < -0.3 is 19.9 Å². The molecule has 2 fully saturated rings. The van der Waals surface area contributed by atoms with Crippen LogP contribution in [-0.2, 0) is 16.1 Å². The number of hydrogen-bond donors (Lipinski definition) is 1. The summed E-state index contributed by atoms with van der Waals surface area (Å²) in [6.07, 6.45) is 0.874. The summed E-state index contributed by atoms with van der Waals surface area (Å²) in [5.74, 6) is -0.472.